The van der Waals surface area contributed by atoms with Gasteiger partial charge in [-0.3, -0.25) is 14.5 Å². The van der Waals surface area contributed by atoms with Crippen molar-refractivity contribution in [1.29, 1.82) is 0 Å². The van der Waals surface area contributed by atoms with E-state index in [1.54, 1.807) is 9.47 Å². The second-order valence-corrected chi connectivity index (χ2v) is 7.01. The average molecular weight is 352 g/mol. The number of nitrogens with zero attached hydrogens (tertiary/aromatic N) is 3. The van der Waals surface area contributed by atoms with Crippen LogP contribution >= 0.6 is 0 Å². The molecule has 1 fully saturated rings. The van der Waals surface area contributed by atoms with E-state index in [1.165, 1.54) is 19.3 Å². The standard InChI is InChI=1S/C20H24N4O2/c1-22-13-9-17-19(22)20(26)21-15-7-3-4-8-16(15)24(17)18(25)10-14-23-11-5-2-6-12-23/h3-4,7-9,13H,2,5-6,10-12,14H2,1H3,(H,21,26). The van der Waals surface area contributed by atoms with E-state index in [0.717, 1.165) is 25.3 Å². The van der Waals surface area contributed by atoms with Crippen molar-refractivity contribution in [2.45, 2.75) is 25.7 Å². The summed E-state index contributed by atoms with van der Waals surface area (Å²) >= 11 is 0. The van der Waals surface area contributed by atoms with E-state index >= 15 is 0 Å². The molecular formula is C20H24N4O2. The van der Waals surface area contributed by atoms with Gasteiger partial charge in [-0.2, -0.15) is 0 Å². The van der Waals surface area contributed by atoms with E-state index in [9.17, 15) is 9.59 Å². The van der Waals surface area contributed by atoms with Gasteiger partial charge in [0.2, 0.25) is 5.91 Å². The van der Waals surface area contributed by atoms with Gasteiger partial charge in [0, 0.05) is 26.2 Å². The molecule has 0 radical (unpaired) electrons. The lowest BCUT2D eigenvalue weighted by atomic mass is 10.1. The molecule has 3 heterocycles. The van der Waals surface area contributed by atoms with E-state index in [4.69, 9.17) is 0 Å². The van der Waals surface area contributed by atoms with Gasteiger partial charge in [-0.25, -0.2) is 0 Å². The normalized spacial score (nSPS) is 17.3. The highest BCUT2D eigenvalue weighted by Gasteiger charge is 2.31. The minimum Gasteiger partial charge on any atom is -0.345 e. The number of hydrogen-bond acceptors (Lipinski definition) is 3. The van der Waals surface area contributed by atoms with Crippen molar-refractivity contribution in [3.8, 4) is 0 Å². The summed E-state index contributed by atoms with van der Waals surface area (Å²) in [6, 6.07) is 9.33. The van der Waals surface area contributed by atoms with E-state index in [2.05, 4.69) is 10.2 Å². The summed E-state index contributed by atoms with van der Waals surface area (Å²) in [5.41, 5.74) is 2.56. The summed E-state index contributed by atoms with van der Waals surface area (Å²) < 4.78 is 1.77. The molecule has 0 spiro atoms. The molecule has 4 rings (SSSR count). The lowest BCUT2D eigenvalue weighted by Crippen LogP contribution is -2.35. The molecular weight excluding hydrogens is 328 g/mol. The van der Waals surface area contributed by atoms with Crippen LogP contribution in [0, 0.1) is 0 Å². The Morgan fingerprint density at radius 3 is 2.65 bits per heavy atom. The van der Waals surface area contributed by atoms with Crippen LogP contribution in [0.25, 0.3) is 0 Å². The molecule has 1 aromatic heterocycles. The molecule has 136 valence electrons. The van der Waals surface area contributed by atoms with Gasteiger partial charge in [0.1, 0.15) is 5.69 Å². The fourth-order valence-corrected chi connectivity index (χ4v) is 3.88. The summed E-state index contributed by atoms with van der Waals surface area (Å²) in [4.78, 5) is 29.9. The van der Waals surface area contributed by atoms with E-state index in [0.29, 0.717) is 23.5 Å². The molecule has 1 aromatic carbocycles. The maximum atomic E-state index is 13.2. The van der Waals surface area contributed by atoms with Crippen molar-refractivity contribution in [3.05, 3.63) is 42.2 Å². The zero-order valence-corrected chi connectivity index (χ0v) is 15.1. The fraction of sp³-hybridized carbons (Fsp3) is 0.400. The Kier molecular flexibility index (Phi) is 4.51. The molecule has 0 atom stereocenters. The highest BCUT2D eigenvalue weighted by molar-refractivity contribution is 6.17. The minimum atomic E-state index is -0.189. The van der Waals surface area contributed by atoms with Crippen LogP contribution < -0.4 is 10.2 Å². The van der Waals surface area contributed by atoms with Gasteiger partial charge in [0.15, 0.2) is 0 Å². The number of aryl methyl sites for hydroxylation is 1. The predicted octanol–water partition coefficient (Wildman–Crippen LogP) is 3.13. The number of likely N-dealkylation sites (tertiary alicyclic amines) is 1. The Labute approximate surface area is 153 Å². The first-order valence-corrected chi connectivity index (χ1v) is 9.26. The third-order valence-electron chi connectivity index (χ3n) is 5.24. The van der Waals surface area contributed by atoms with Gasteiger partial charge in [-0.1, -0.05) is 18.6 Å². The van der Waals surface area contributed by atoms with Crippen LogP contribution in [-0.4, -0.2) is 40.9 Å². The number of nitrogens with one attached hydrogen (secondary N) is 1. The van der Waals surface area contributed by atoms with Crippen LogP contribution in [0.1, 0.15) is 36.2 Å². The van der Waals surface area contributed by atoms with Crippen molar-refractivity contribution < 1.29 is 9.59 Å². The molecule has 2 aromatic rings. The van der Waals surface area contributed by atoms with Crippen molar-refractivity contribution in [3.63, 3.8) is 0 Å². The topological polar surface area (TPSA) is 57.6 Å². The molecule has 0 unspecified atom stereocenters. The van der Waals surface area contributed by atoms with Gasteiger partial charge in [0.25, 0.3) is 5.91 Å². The molecule has 6 heteroatoms. The quantitative estimate of drug-likeness (QED) is 0.923. The predicted molar refractivity (Wildman–Crippen MR) is 102 cm³/mol. The van der Waals surface area contributed by atoms with Crippen LogP contribution in [0.4, 0.5) is 17.1 Å². The van der Waals surface area contributed by atoms with Gasteiger partial charge in [-0.15, -0.1) is 0 Å². The highest BCUT2D eigenvalue weighted by atomic mass is 16.2. The molecule has 0 bridgehead atoms. The number of anilines is 3. The van der Waals surface area contributed by atoms with Crippen molar-refractivity contribution in [1.82, 2.24) is 9.47 Å². The third-order valence-corrected chi connectivity index (χ3v) is 5.24. The van der Waals surface area contributed by atoms with Crippen molar-refractivity contribution in [2.75, 3.05) is 29.9 Å². The van der Waals surface area contributed by atoms with Crippen molar-refractivity contribution >= 4 is 28.9 Å². The van der Waals surface area contributed by atoms with Crippen LogP contribution in [0.5, 0.6) is 0 Å². The summed E-state index contributed by atoms with van der Waals surface area (Å²) in [6.45, 7) is 2.90. The van der Waals surface area contributed by atoms with E-state index < -0.39 is 0 Å². The lowest BCUT2D eigenvalue weighted by Gasteiger charge is -2.28. The van der Waals surface area contributed by atoms with E-state index in [1.807, 2.05) is 43.6 Å². The average Bonchev–Trinajstić information content (AvgIpc) is 2.97. The summed E-state index contributed by atoms with van der Waals surface area (Å²) in [7, 11) is 1.82. The summed E-state index contributed by atoms with van der Waals surface area (Å²) in [6.07, 6.45) is 5.97. The Hall–Kier alpha value is -2.60. The number of rotatable bonds is 3. The van der Waals surface area contributed by atoms with Crippen LogP contribution in [-0.2, 0) is 11.8 Å². The smallest absolute Gasteiger partial charge is 0.274 e. The van der Waals surface area contributed by atoms with E-state index in [-0.39, 0.29) is 11.8 Å². The number of aromatic nitrogens is 1. The number of carbonyl (C=O) groups is 2. The first-order valence-electron chi connectivity index (χ1n) is 9.26. The molecule has 1 saturated heterocycles. The van der Waals surface area contributed by atoms with Gasteiger partial charge >= 0.3 is 0 Å². The van der Waals surface area contributed by atoms with Gasteiger partial charge < -0.3 is 14.8 Å². The number of fused-ring (bicyclic) bond motifs is 2. The largest absolute Gasteiger partial charge is 0.345 e. The molecule has 2 aliphatic heterocycles. The fourth-order valence-electron chi connectivity index (χ4n) is 3.88. The molecule has 6 nitrogen and oxygen atoms in total. The van der Waals surface area contributed by atoms with Gasteiger partial charge in [0.05, 0.1) is 17.1 Å². The van der Waals surface area contributed by atoms with Crippen LogP contribution in [0.2, 0.25) is 0 Å². The number of para-hydroxylation sites is 2. The molecule has 1 N–H and O–H groups in total. The zero-order valence-electron chi connectivity index (χ0n) is 15.1. The number of piperidine rings is 1. The second kappa shape index (κ2) is 6.96. The first-order chi connectivity index (χ1) is 12.6. The second-order valence-electron chi connectivity index (χ2n) is 7.01. The molecule has 0 aliphatic carbocycles. The van der Waals surface area contributed by atoms with Gasteiger partial charge in [-0.05, 0) is 44.1 Å². The van der Waals surface area contributed by atoms with Crippen molar-refractivity contribution in [2.24, 2.45) is 7.05 Å². The highest BCUT2D eigenvalue weighted by Crippen LogP contribution is 2.38. The summed E-state index contributed by atoms with van der Waals surface area (Å²) in [5.74, 6) is -0.168. The summed E-state index contributed by atoms with van der Waals surface area (Å²) in [5, 5.41) is 2.93. The number of hydrogen-bond donors (Lipinski definition) is 1. The number of benzene rings is 1. The Balaban J connectivity index is 1.66. The SMILES string of the molecule is Cn1ccc2c1C(=O)Nc1ccccc1N2C(=O)CCN1CCCCC1. The maximum absolute atomic E-state index is 13.2. The Bertz CT molecular complexity index is 836. The number of amides is 2. The third kappa shape index (κ3) is 3.01. The molecule has 0 saturated carbocycles. The minimum absolute atomic E-state index is 0.0203. The Morgan fingerprint density at radius 1 is 1.08 bits per heavy atom. The van der Waals surface area contributed by atoms with Crippen LogP contribution in [0.15, 0.2) is 36.5 Å². The lowest BCUT2D eigenvalue weighted by molar-refractivity contribution is -0.118. The zero-order chi connectivity index (χ0) is 18.1. The first kappa shape index (κ1) is 16.8. The molecule has 2 aliphatic rings. The maximum Gasteiger partial charge on any atom is 0.274 e. The molecule has 2 amide bonds. The monoisotopic (exact) mass is 352 g/mol. The van der Waals surface area contributed by atoms with Crippen LogP contribution in [0.3, 0.4) is 0 Å². The Morgan fingerprint density at radius 2 is 1.85 bits per heavy atom. The number of carbonyl (C=O) groups excluding carboxylic acids is 2. The molecule has 26 heavy (non-hydrogen) atoms.